The Morgan fingerprint density at radius 1 is 0.958 bits per heavy atom. The Balaban J connectivity index is -0.000000297. The molecule has 0 aliphatic rings. The molecule has 0 heterocycles. The van der Waals surface area contributed by atoms with E-state index in [1.54, 1.807) is 18.2 Å². The molecule has 0 aliphatic heterocycles. The zero-order chi connectivity index (χ0) is 20.0. The first-order valence-corrected chi connectivity index (χ1v) is 8.33. The summed E-state index contributed by atoms with van der Waals surface area (Å²) in [6, 6.07) is 0. The summed E-state index contributed by atoms with van der Waals surface area (Å²) in [5.74, 6) is 0.994. The summed E-state index contributed by atoms with van der Waals surface area (Å²) in [5, 5.41) is 10.4. The van der Waals surface area contributed by atoms with Gasteiger partial charge in [-0.2, -0.15) is 0 Å². The van der Waals surface area contributed by atoms with Crippen molar-refractivity contribution < 1.29 is 9.66 Å². The second kappa shape index (κ2) is 25.6. The maximum absolute atomic E-state index is 10.4. The van der Waals surface area contributed by atoms with Crippen LogP contribution in [0.3, 0.4) is 0 Å². The zero-order valence-electron chi connectivity index (χ0n) is 16.6. The summed E-state index contributed by atoms with van der Waals surface area (Å²) in [6.45, 7) is 22.4. The molecule has 4 nitrogen and oxygen atoms in total. The van der Waals surface area contributed by atoms with Crippen molar-refractivity contribution in [2.45, 2.75) is 55.4 Å². The van der Waals surface area contributed by atoms with Crippen LogP contribution < -0.4 is 0 Å². The molecule has 0 saturated carbocycles. The lowest BCUT2D eigenvalue weighted by Gasteiger charge is -2.05. The largest absolute Gasteiger partial charge is 0.457 e. The molecule has 138 valence electrons. The second-order valence-electron chi connectivity index (χ2n) is 3.25. The standard InChI is InChI=1S/C14H17NO3.3C2H6/c1-5-8-14(9-6-2)18-13(7-3)11-10-12(4)15(16)17;3*1-2/h5-11H,1,3H2,2,4H3;3*1-2H3/b9-6-,12-10+,13-11+,14-8+;;;. The van der Waals surface area contributed by atoms with E-state index in [0.29, 0.717) is 11.5 Å². The summed E-state index contributed by atoms with van der Waals surface area (Å²) in [4.78, 5) is 9.96. The number of allylic oxidation sites excluding steroid dienone is 8. The van der Waals surface area contributed by atoms with Gasteiger partial charge in [0.2, 0.25) is 5.70 Å². The number of nitro groups is 1. The molecule has 24 heavy (non-hydrogen) atoms. The predicted octanol–water partition coefficient (Wildman–Crippen LogP) is 6.98. The number of hydrogen-bond acceptors (Lipinski definition) is 3. The van der Waals surface area contributed by atoms with Gasteiger partial charge in [0.1, 0.15) is 11.5 Å². The summed E-state index contributed by atoms with van der Waals surface area (Å²) >= 11 is 0. The minimum absolute atomic E-state index is 0.0261. The molecular formula is C20H35NO3. The third kappa shape index (κ3) is 19.6. The molecule has 0 rings (SSSR count). The van der Waals surface area contributed by atoms with Crippen LogP contribution in [0.4, 0.5) is 0 Å². The Labute approximate surface area is 148 Å². The highest BCUT2D eigenvalue weighted by Gasteiger charge is 2.00. The summed E-state index contributed by atoms with van der Waals surface area (Å²) in [5.41, 5.74) is 0.0261. The van der Waals surface area contributed by atoms with Crippen molar-refractivity contribution in [1.82, 2.24) is 0 Å². The molecule has 0 bridgehead atoms. The molecule has 0 spiro atoms. The van der Waals surface area contributed by atoms with Crippen molar-refractivity contribution >= 4 is 0 Å². The molecule has 0 unspecified atom stereocenters. The van der Waals surface area contributed by atoms with Crippen molar-refractivity contribution in [3.05, 3.63) is 83.0 Å². The van der Waals surface area contributed by atoms with Crippen LogP contribution in [-0.4, -0.2) is 4.92 Å². The fraction of sp³-hybridized carbons (Fsp3) is 0.400. The average molecular weight is 338 g/mol. The molecule has 4 heteroatoms. The van der Waals surface area contributed by atoms with Crippen LogP contribution in [0.2, 0.25) is 0 Å². The van der Waals surface area contributed by atoms with Crippen LogP contribution in [0.15, 0.2) is 72.9 Å². The number of rotatable bonds is 7. The highest BCUT2D eigenvalue weighted by atomic mass is 16.6. The van der Waals surface area contributed by atoms with Gasteiger partial charge in [-0.15, -0.1) is 0 Å². The van der Waals surface area contributed by atoms with Crippen molar-refractivity contribution in [1.29, 1.82) is 0 Å². The van der Waals surface area contributed by atoms with Crippen molar-refractivity contribution in [3.63, 3.8) is 0 Å². The summed E-state index contributed by atoms with van der Waals surface area (Å²) < 4.78 is 5.49. The van der Waals surface area contributed by atoms with E-state index in [1.807, 2.05) is 54.5 Å². The van der Waals surface area contributed by atoms with Crippen LogP contribution in [0, 0.1) is 10.1 Å². The molecule has 0 radical (unpaired) electrons. The summed E-state index contributed by atoms with van der Waals surface area (Å²) in [7, 11) is 0. The van der Waals surface area contributed by atoms with Crippen molar-refractivity contribution in [2.24, 2.45) is 0 Å². The minimum Gasteiger partial charge on any atom is -0.457 e. The van der Waals surface area contributed by atoms with Gasteiger partial charge in [-0.25, -0.2) is 0 Å². The van der Waals surface area contributed by atoms with Crippen LogP contribution >= 0.6 is 0 Å². The van der Waals surface area contributed by atoms with Crippen LogP contribution in [-0.2, 0) is 4.74 Å². The van der Waals surface area contributed by atoms with E-state index in [9.17, 15) is 10.1 Å². The predicted molar refractivity (Wildman–Crippen MR) is 107 cm³/mol. The van der Waals surface area contributed by atoms with Crippen molar-refractivity contribution in [3.8, 4) is 0 Å². The maximum atomic E-state index is 10.4. The normalized spacial score (nSPS) is 10.9. The van der Waals surface area contributed by atoms with E-state index in [0.717, 1.165) is 0 Å². The van der Waals surface area contributed by atoms with Crippen LogP contribution in [0.25, 0.3) is 0 Å². The van der Waals surface area contributed by atoms with E-state index in [1.165, 1.54) is 25.2 Å². The Morgan fingerprint density at radius 2 is 1.46 bits per heavy atom. The molecule has 0 N–H and O–H groups in total. The van der Waals surface area contributed by atoms with E-state index >= 15 is 0 Å². The Hall–Kier alpha value is -2.36. The molecule has 0 aromatic heterocycles. The van der Waals surface area contributed by atoms with E-state index in [2.05, 4.69) is 13.2 Å². The Morgan fingerprint density at radius 3 is 1.79 bits per heavy atom. The lowest BCUT2D eigenvalue weighted by Crippen LogP contribution is -1.93. The first-order valence-electron chi connectivity index (χ1n) is 8.33. The fourth-order valence-corrected chi connectivity index (χ4v) is 0.947. The maximum Gasteiger partial charge on any atom is 0.243 e. The zero-order valence-corrected chi connectivity index (χ0v) is 16.6. The monoisotopic (exact) mass is 337 g/mol. The molecule has 0 fully saturated rings. The SMILES string of the molecule is C=C/C=C(\C=C/C)O/C(C=C)=C/C=C(\C)[N+](=O)[O-].CC.CC.CC. The fourth-order valence-electron chi connectivity index (χ4n) is 0.947. The lowest BCUT2D eigenvalue weighted by molar-refractivity contribution is -0.424. The second-order valence-corrected chi connectivity index (χ2v) is 3.25. The van der Waals surface area contributed by atoms with Crippen LogP contribution in [0.1, 0.15) is 55.4 Å². The molecule has 0 saturated heterocycles. The minimum atomic E-state index is -0.469. The third-order valence-corrected chi connectivity index (χ3v) is 1.83. The number of nitrogens with zero attached hydrogens (tertiary/aromatic N) is 1. The lowest BCUT2D eigenvalue weighted by atomic mass is 10.3. The quantitative estimate of drug-likeness (QED) is 0.218. The van der Waals surface area contributed by atoms with E-state index < -0.39 is 4.92 Å². The van der Waals surface area contributed by atoms with Gasteiger partial charge < -0.3 is 4.74 Å². The Kier molecular flexibility index (Phi) is 31.6. The number of hydrogen-bond donors (Lipinski definition) is 0. The van der Waals surface area contributed by atoms with Gasteiger partial charge in [0, 0.05) is 13.0 Å². The Bertz CT molecular complexity index is 442. The molecule has 0 aromatic carbocycles. The van der Waals surface area contributed by atoms with Crippen LogP contribution in [0.5, 0.6) is 0 Å². The molecule has 0 aliphatic carbocycles. The van der Waals surface area contributed by atoms with Crippen molar-refractivity contribution in [2.75, 3.05) is 0 Å². The van der Waals surface area contributed by atoms with Gasteiger partial charge in [0.05, 0.1) is 4.92 Å². The summed E-state index contributed by atoms with van der Waals surface area (Å²) in [6.07, 6.45) is 11.2. The van der Waals surface area contributed by atoms with E-state index in [-0.39, 0.29) is 5.70 Å². The van der Waals surface area contributed by atoms with Gasteiger partial charge in [0.25, 0.3) is 0 Å². The first kappa shape index (κ1) is 29.6. The number of ether oxygens (including phenoxy) is 1. The van der Waals surface area contributed by atoms with Gasteiger partial charge in [-0.05, 0) is 31.2 Å². The topological polar surface area (TPSA) is 52.4 Å². The van der Waals surface area contributed by atoms with Gasteiger partial charge >= 0.3 is 0 Å². The van der Waals surface area contributed by atoms with Gasteiger partial charge in [-0.1, -0.05) is 66.9 Å². The van der Waals surface area contributed by atoms with E-state index in [4.69, 9.17) is 4.74 Å². The van der Waals surface area contributed by atoms with Gasteiger partial charge in [-0.3, -0.25) is 10.1 Å². The highest BCUT2D eigenvalue weighted by molar-refractivity contribution is 5.24. The average Bonchev–Trinajstić information content (AvgIpc) is 2.63. The third-order valence-electron chi connectivity index (χ3n) is 1.83. The first-order chi connectivity index (χ1) is 11.5. The smallest absolute Gasteiger partial charge is 0.243 e. The molecule has 0 aromatic rings. The molecule has 0 amide bonds. The highest BCUT2D eigenvalue weighted by Crippen LogP contribution is 2.10. The van der Waals surface area contributed by atoms with Gasteiger partial charge in [0.15, 0.2) is 0 Å². The molecular weight excluding hydrogens is 302 g/mol. The molecule has 0 atom stereocenters.